The third-order valence-electron chi connectivity index (χ3n) is 2.98. The monoisotopic (exact) mass is 292 g/mol. The molecule has 0 aliphatic rings. The molecule has 0 rings (SSSR count). The molecule has 2 nitrogen and oxygen atoms in total. The molecule has 0 radical (unpaired) electrons. The van der Waals surface area contributed by atoms with Crippen LogP contribution in [0.5, 0.6) is 0 Å². The second-order valence-electron chi connectivity index (χ2n) is 4.95. The second-order valence-corrected chi connectivity index (χ2v) is 4.95. The summed E-state index contributed by atoms with van der Waals surface area (Å²) in [7, 11) is 0. The molecule has 1 N–H and O–H groups in total. The van der Waals surface area contributed by atoms with Gasteiger partial charge in [0.25, 0.3) is 0 Å². The van der Waals surface area contributed by atoms with Gasteiger partial charge in [0, 0.05) is 6.61 Å². The molecule has 0 fully saturated rings. The van der Waals surface area contributed by atoms with Gasteiger partial charge in [-0.15, -0.1) is 0 Å². The van der Waals surface area contributed by atoms with Gasteiger partial charge in [-0.3, -0.25) is 0 Å². The molecule has 0 aromatic carbocycles. The zero-order valence-electron chi connectivity index (χ0n) is 13.7. The summed E-state index contributed by atoms with van der Waals surface area (Å²) in [5.41, 5.74) is 0. The fraction of sp³-hybridized carbons (Fsp3) is 0.579. The molecule has 0 aliphatic heterocycles. The zero-order chi connectivity index (χ0) is 15.6. The molecular weight excluding hydrogens is 260 g/mol. The maximum absolute atomic E-state index is 9.68. The molecule has 0 aromatic heterocycles. The Bertz CT molecular complexity index is 314. The Hall–Kier alpha value is -1.12. The van der Waals surface area contributed by atoms with E-state index in [1.165, 1.54) is 12.8 Å². The van der Waals surface area contributed by atoms with Crippen molar-refractivity contribution in [2.45, 2.75) is 58.5 Å². The molecule has 0 saturated heterocycles. The average molecular weight is 292 g/mol. The van der Waals surface area contributed by atoms with E-state index in [1.807, 2.05) is 31.2 Å². The Morgan fingerprint density at radius 1 is 0.905 bits per heavy atom. The molecule has 0 aliphatic carbocycles. The van der Waals surface area contributed by atoms with Crippen molar-refractivity contribution in [3.05, 3.63) is 48.6 Å². The first-order valence-electron chi connectivity index (χ1n) is 8.20. The number of aliphatic hydroxyl groups is 1. The van der Waals surface area contributed by atoms with Crippen LogP contribution in [0.3, 0.4) is 0 Å². The first kappa shape index (κ1) is 19.9. The maximum atomic E-state index is 9.68. The summed E-state index contributed by atoms with van der Waals surface area (Å²) >= 11 is 0. The van der Waals surface area contributed by atoms with Crippen molar-refractivity contribution >= 4 is 0 Å². The van der Waals surface area contributed by atoms with Crippen molar-refractivity contribution in [1.29, 1.82) is 0 Å². The highest BCUT2D eigenvalue weighted by molar-refractivity contribution is 5.07. The van der Waals surface area contributed by atoms with Crippen LogP contribution in [-0.4, -0.2) is 24.4 Å². The fourth-order valence-corrected chi connectivity index (χ4v) is 1.75. The third kappa shape index (κ3) is 16.8. The molecule has 2 heteroatoms. The van der Waals surface area contributed by atoms with E-state index in [2.05, 4.69) is 31.2 Å². The predicted octanol–water partition coefficient (Wildman–Crippen LogP) is 4.97. The van der Waals surface area contributed by atoms with E-state index in [-0.39, 0.29) is 6.10 Å². The van der Waals surface area contributed by atoms with Crippen molar-refractivity contribution in [3.63, 3.8) is 0 Å². The lowest BCUT2D eigenvalue weighted by Crippen LogP contribution is -2.00. The highest BCUT2D eigenvalue weighted by Gasteiger charge is 1.96. The second kappa shape index (κ2) is 16.9. The minimum absolute atomic E-state index is 0.299. The molecule has 0 bridgehead atoms. The van der Waals surface area contributed by atoms with E-state index in [0.29, 0.717) is 6.61 Å². The normalized spacial score (nSPS) is 14.2. The fourth-order valence-electron chi connectivity index (χ4n) is 1.75. The Labute approximate surface area is 130 Å². The van der Waals surface area contributed by atoms with Gasteiger partial charge in [0.05, 0.1) is 12.7 Å². The molecule has 21 heavy (non-hydrogen) atoms. The van der Waals surface area contributed by atoms with Crippen LogP contribution in [0.25, 0.3) is 0 Å². The minimum atomic E-state index is -0.299. The van der Waals surface area contributed by atoms with E-state index < -0.39 is 0 Å². The van der Waals surface area contributed by atoms with E-state index in [4.69, 9.17) is 4.74 Å². The van der Waals surface area contributed by atoms with Crippen LogP contribution in [0.15, 0.2) is 48.6 Å². The maximum Gasteiger partial charge on any atom is 0.0723 e. The Morgan fingerprint density at radius 3 is 2.33 bits per heavy atom. The number of allylic oxidation sites excluding steroid dienone is 6. The first-order valence-corrected chi connectivity index (χ1v) is 8.20. The third-order valence-corrected chi connectivity index (χ3v) is 2.98. The average Bonchev–Trinajstić information content (AvgIpc) is 2.48. The molecular formula is C19H32O2. The molecule has 0 heterocycles. The highest BCUT2D eigenvalue weighted by Crippen LogP contribution is 2.04. The van der Waals surface area contributed by atoms with Gasteiger partial charge in [0.1, 0.15) is 0 Å². The number of aliphatic hydroxyl groups excluding tert-OH is 1. The van der Waals surface area contributed by atoms with Gasteiger partial charge < -0.3 is 9.84 Å². The lowest BCUT2D eigenvalue weighted by molar-refractivity contribution is 0.177. The number of unbranched alkanes of at least 4 members (excludes halogenated alkanes) is 2. The molecule has 0 spiro atoms. The lowest BCUT2D eigenvalue weighted by atomic mass is 10.1. The van der Waals surface area contributed by atoms with Crippen LogP contribution in [0.2, 0.25) is 0 Å². The summed E-state index contributed by atoms with van der Waals surface area (Å²) in [4.78, 5) is 0. The minimum Gasteiger partial charge on any atom is -0.389 e. The standard InChI is InChI=1S/C19H32O2/c1-3-5-13-16-19(20)17-14-11-9-7-6-8-10-12-15-18-21-4-2/h6,8-9,11-12,14-15,17,19-20H,3-5,7,10,13,16,18H2,1-2H3/b8-6-,11-9-,15-12-,17-14+/t19-/m0/s1. The predicted molar refractivity (Wildman–Crippen MR) is 92.4 cm³/mol. The summed E-state index contributed by atoms with van der Waals surface area (Å²) < 4.78 is 5.21. The van der Waals surface area contributed by atoms with Gasteiger partial charge >= 0.3 is 0 Å². The van der Waals surface area contributed by atoms with Crippen LogP contribution in [-0.2, 0) is 4.74 Å². The summed E-state index contributed by atoms with van der Waals surface area (Å²) in [6.45, 7) is 5.65. The SMILES string of the molecule is CCCCC[C@H](O)/C=C/C=C\C/C=C\C/C=C\COCC. The quantitative estimate of drug-likeness (QED) is 0.295. The summed E-state index contributed by atoms with van der Waals surface area (Å²) in [5.74, 6) is 0. The van der Waals surface area contributed by atoms with Crippen LogP contribution in [0.4, 0.5) is 0 Å². The van der Waals surface area contributed by atoms with Crippen LogP contribution < -0.4 is 0 Å². The van der Waals surface area contributed by atoms with E-state index in [9.17, 15) is 5.11 Å². The molecule has 0 unspecified atom stereocenters. The molecule has 0 aromatic rings. The van der Waals surface area contributed by atoms with Crippen molar-refractivity contribution in [3.8, 4) is 0 Å². The molecule has 120 valence electrons. The van der Waals surface area contributed by atoms with Crippen LogP contribution in [0.1, 0.15) is 52.4 Å². The Morgan fingerprint density at radius 2 is 1.62 bits per heavy atom. The van der Waals surface area contributed by atoms with Gasteiger partial charge in [-0.05, 0) is 26.2 Å². The van der Waals surface area contributed by atoms with Gasteiger partial charge in [-0.25, -0.2) is 0 Å². The summed E-state index contributed by atoms with van der Waals surface area (Å²) in [6, 6.07) is 0. The number of hydrogen-bond donors (Lipinski definition) is 1. The van der Waals surface area contributed by atoms with Gasteiger partial charge in [0.2, 0.25) is 0 Å². The smallest absolute Gasteiger partial charge is 0.0723 e. The van der Waals surface area contributed by atoms with Crippen molar-refractivity contribution in [2.24, 2.45) is 0 Å². The topological polar surface area (TPSA) is 29.5 Å². The first-order chi connectivity index (χ1) is 10.3. The van der Waals surface area contributed by atoms with Crippen molar-refractivity contribution < 1.29 is 9.84 Å². The highest BCUT2D eigenvalue weighted by atomic mass is 16.5. The van der Waals surface area contributed by atoms with E-state index in [0.717, 1.165) is 32.3 Å². The van der Waals surface area contributed by atoms with Crippen molar-refractivity contribution in [1.82, 2.24) is 0 Å². The van der Waals surface area contributed by atoms with E-state index in [1.54, 1.807) is 0 Å². The van der Waals surface area contributed by atoms with E-state index >= 15 is 0 Å². The largest absolute Gasteiger partial charge is 0.389 e. The molecule has 1 atom stereocenters. The van der Waals surface area contributed by atoms with Crippen LogP contribution in [0, 0.1) is 0 Å². The van der Waals surface area contributed by atoms with Crippen molar-refractivity contribution in [2.75, 3.05) is 13.2 Å². The number of rotatable bonds is 13. The summed E-state index contributed by atoms with van der Waals surface area (Å²) in [5, 5.41) is 9.68. The van der Waals surface area contributed by atoms with Gasteiger partial charge in [-0.1, -0.05) is 74.8 Å². The molecule has 0 amide bonds. The van der Waals surface area contributed by atoms with Gasteiger partial charge in [0.15, 0.2) is 0 Å². The van der Waals surface area contributed by atoms with Gasteiger partial charge in [-0.2, -0.15) is 0 Å². The zero-order valence-corrected chi connectivity index (χ0v) is 13.7. The van der Waals surface area contributed by atoms with Crippen LogP contribution >= 0.6 is 0 Å². The number of hydrogen-bond acceptors (Lipinski definition) is 2. The molecule has 0 saturated carbocycles. The Kier molecular flexibility index (Phi) is 16.0. The Balaban J connectivity index is 3.56. The lowest BCUT2D eigenvalue weighted by Gasteiger charge is -2.02. The number of ether oxygens (including phenoxy) is 1. The summed E-state index contributed by atoms with van der Waals surface area (Å²) in [6.07, 6.45) is 22.3.